The molecule has 2 heterocycles. The monoisotopic (exact) mass is 287 g/mol. The number of carbonyl (C=O) groups excluding carboxylic acids is 1. The fourth-order valence-corrected chi connectivity index (χ4v) is 2.64. The van der Waals surface area contributed by atoms with Crippen molar-refractivity contribution in [1.82, 2.24) is 9.97 Å². The molecule has 0 bridgehead atoms. The van der Waals surface area contributed by atoms with Crippen molar-refractivity contribution in [3.8, 4) is 0 Å². The van der Waals surface area contributed by atoms with Crippen LogP contribution in [0, 0.1) is 0 Å². The third-order valence-corrected chi connectivity index (χ3v) is 3.75. The Hall–Kier alpha value is -2.37. The molecular formula is C15H17N3O3. The number of nitrogens with one attached hydrogen (secondary N) is 1. The third kappa shape index (κ3) is 2.61. The van der Waals surface area contributed by atoms with Crippen LogP contribution in [-0.4, -0.2) is 36.1 Å². The zero-order chi connectivity index (χ0) is 14.8. The van der Waals surface area contributed by atoms with Gasteiger partial charge >= 0.3 is 5.97 Å². The van der Waals surface area contributed by atoms with Crippen LogP contribution in [0.2, 0.25) is 0 Å². The number of methoxy groups -OCH3 is 1. The largest absolute Gasteiger partial charge is 0.465 e. The smallest absolute Gasteiger partial charge is 0.337 e. The van der Waals surface area contributed by atoms with Crippen molar-refractivity contribution in [2.24, 2.45) is 0 Å². The van der Waals surface area contributed by atoms with Crippen LogP contribution in [0.25, 0.3) is 11.0 Å². The molecule has 2 aromatic rings. The van der Waals surface area contributed by atoms with E-state index in [1.165, 1.54) is 13.5 Å². The van der Waals surface area contributed by atoms with Crippen molar-refractivity contribution in [2.75, 3.05) is 25.1 Å². The fraction of sp³-hybridized carbons (Fsp3) is 0.400. The lowest BCUT2D eigenvalue weighted by atomic mass is 10.1. The predicted molar refractivity (Wildman–Crippen MR) is 79.8 cm³/mol. The molecular weight excluding hydrogens is 270 g/mol. The van der Waals surface area contributed by atoms with E-state index < -0.39 is 5.97 Å². The highest BCUT2D eigenvalue weighted by molar-refractivity contribution is 5.93. The highest BCUT2D eigenvalue weighted by Crippen LogP contribution is 2.17. The van der Waals surface area contributed by atoms with E-state index in [0.29, 0.717) is 22.4 Å². The predicted octanol–water partition coefficient (Wildman–Crippen LogP) is 1.70. The number of benzene rings is 1. The number of fused-ring (bicyclic) bond motifs is 1. The molecule has 0 spiro atoms. The van der Waals surface area contributed by atoms with E-state index >= 15 is 0 Å². The number of piperidine rings is 1. The van der Waals surface area contributed by atoms with Gasteiger partial charge in [-0.25, -0.2) is 9.78 Å². The summed E-state index contributed by atoms with van der Waals surface area (Å²) >= 11 is 0. The second-order valence-corrected chi connectivity index (χ2v) is 5.16. The maximum absolute atomic E-state index is 12.2. The molecule has 6 heteroatoms. The molecule has 1 aromatic carbocycles. The summed E-state index contributed by atoms with van der Waals surface area (Å²) in [4.78, 5) is 33.0. The lowest BCUT2D eigenvalue weighted by molar-refractivity contribution is 0.0601. The first-order valence-corrected chi connectivity index (χ1v) is 7.06. The highest BCUT2D eigenvalue weighted by atomic mass is 16.5. The molecule has 0 aliphatic carbocycles. The van der Waals surface area contributed by atoms with Crippen LogP contribution < -0.4 is 10.5 Å². The van der Waals surface area contributed by atoms with Gasteiger partial charge < -0.3 is 14.6 Å². The van der Waals surface area contributed by atoms with Crippen molar-refractivity contribution in [3.63, 3.8) is 0 Å². The summed E-state index contributed by atoms with van der Waals surface area (Å²) < 4.78 is 4.71. The summed E-state index contributed by atoms with van der Waals surface area (Å²) in [5.74, 6) is 0.0219. The van der Waals surface area contributed by atoms with Gasteiger partial charge in [-0.3, -0.25) is 4.79 Å². The van der Waals surface area contributed by atoms with Crippen LogP contribution >= 0.6 is 0 Å². The number of esters is 1. The molecule has 0 saturated carbocycles. The van der Waals surface area contributed by atoms with Crippen molar-refractivity contribution in [1.29, 1.82) is 0 Å². The van der Waals surface area contributed by atoms with Crippen LogP contribution in [0.3, 0.4) is 0 Å². The van der Waals surface area contributed by atoms with Gasteiger partial charge in [-0.2, -0.15) is 0 Å². The van der Waals surface area contributed by atoms with Gasteiger partial charge in [0.05, 0.1) is 23.7 Å². The second-order valence-electron chi connectivity index (χ2n) is 5.16. The van der Waals surface area contributed by atoms with E-state index in [1.807, 2.05) is 4.90 Å². The minimum absolute atomic E-state index is 0.185. The number of anilines is 1. The van der Waals surface area contributed by atoms with E-state index in [-0.39, 0.29) is 5.56 Å². The number of rotatable bonds is 2. The van der Waals surface area contributed by atoms with Crippen molar-refractivity contribution < 1.29 is 9.53 Å². The molecule has 1 aliphatic rings. The molecule has 1 N–H and O–H groups in total. The molecule has 0 atom stereocenters. The quantitative estimate of drug-likeness (QED) is 0.851. The van der Waals surface area contributed by atoms with E-state index in [4.69, 9.17) is 4.74 Å². The Morgan fingerprint density at radius 1 is 1.29 bits per heavy atom. The lowest BCUT2D eigenvalue weighted by Gasteiger charge is -2.26. The van der Waals surface area contributed by atoms with Crippen LogP contribution in [0.5, 0.6) is 0 Å². The number of hydrogen-bond donors (Lipinski definition) is 1. The van der Waals surface area contributed by atoms with Gasteiger partial charge in [-0.1, -0.05) is 0 Å². The van der Waals surface area contributed by atoms with Gasteiger partial charge in [0.25, 0.3) is 5.56 Å². The Bertz CT molecular complexity index is 733. The fourth-order valence-electron chi connectivity index (χ4n) is 2.64. The van der Waals surface area contributed by atoms with Crippen molar-refractivity contribution >= 4 is 22.8 Å². The summed E-state index contributed by atoms with van der Waals surface area (Å²) in [5.41, 5.74) is 1.45. The van der Waals surface area contributed by atoms with Gasteiger partial charge in [-0.15, -0.1) is 0 Å². The number of nitrogens with zero attached hydrogens (tertiary/aromatic N) is 2. The van der Waals surface area contributed by atoms with Crippen LogP contribution in [0.15, 0.2) is 23.0 Å². The first-order chi connectivity index (χ1) is 10.2. The van der Waals surface area contributed by atoms with Gasteiger partial charge in [0.15, 0.2) is 5.82 Å². The number of carbonyl (C=O) groups is 1. The van der Waals surface area contributed by atoms with Crippen LogP contribution in [0.4, 0.5) is 5.82 Å². The maximum Gasteiger partial charge on any atom is 0.337 e. The maximum atomic E-state index is 12.2. The molecule has 3 rings (SSSR count). The highest BCUT2D eigenvalue weighted by Gasteiger charge is 2.17. The first-order valence-electron chi connectivity index (χ1n) is 7.06. The SMILES string of the molecule is COC(=O)c1ccc2[nH]c(=O)c(N3CCCCC3)nc2c1. The standard InChI is InChI=1S/C15H17N3O3/c1-21-15(20)10-5-6-11-12(9-10)16-13(14(19)17-11)18-7-3-2-4-8-18/h5-6,9H,2-4,7-8H2,1H3,(H,17,19). The third-order valence-electron chi connectivity index (χ3n) is 3.75. The minimum atomic E-state index is -0.413. The number of hydrogen-bond acceptors (Lipinski definition) is 5. The van der Waals surface area contributed by atoms with Crippen LogP contribution in [-0.2, 0) is 4.74 Å². The molecule has 1 aromatic heterocycles. The van der Waals surface area contributed by atoms with Gasteiger partial charge in [-0.05, 0) is 37.5 Å². The Morgan fingerprint density at radius 3 is 2.76 bits per heavy atom. The molecule has 21 heavy (non-hydrogen) atoms. The van der Waals surface area contributed by atoms with Gasteiger partial charge in [0.2, 0.25) is 0 Å². The van der Waals surface area contributed by atoms with Crippen molar-refractivity contribution in [3.05, 3.63) is 34.1 Å². The van der Waals surface area contributed by atoms with E-state index in [9.17, 15) is 9.59 Å². The molecule has 0 amide bonds. The first kappa shape index (κ1) is 13.6. The van der Waals surface area contributed by atoms with Gasteiger partial charge in [0, 0.05) is 13.1 Å². The summed E-state index contributed by atoms with van der Waals surface area (Å²) in [6.07, 6.45) is 3.33. The number of aromatic amines is 1. The van der Waals surface area contributed by atoms with E-state index in [1.54, 1.807) is 18.2 Å². The Morgan fingerprint density at radius 2 is 2.05 bits per heavy atom. The normalized spacial score (nSPS) is 15.2. The Balaban J connectivity index is 2.07. The average Bonchev–Trinajstić information content (AvgIpc) is 2.54. The zero-order valence-electron chi connectivity index (χ0n) is 11.9. The number of ether oxygens (including phenoxy) is 1. The van der Waals surface area contributed by atoms with E-state index in [0.717, 1.165) is 25.9 Å². The average molecular weight is 287 g/mol. The van der Waals surface area contributed by atoms with Gasteiger partial charge in [0.1, 0.15) is 0 Å². The Labute approximate surface area is 121 Å². The molecule has 6 nitrogen and oxygen atoms in total. The number of aromatic nitrogens is 2. The molecule has 0 unspecified atom stereocenters. The van der Waals surface area contributed by atoms with E-state index in [2.05, 4.69) is 9.97 Å². The number of H-pyrrole nitrogens is 1. The molecule has 0 radical (unpaired) electrons. The zero-order valence-corrected chi connectivity index (χ0v) is 11.9. The summed E-state index contributed by atoms with van der Waals surface area (Å²) in [6, 6.07) is 4.94. The summed E-state index contributed by atoms with van der Waals surface area (Å²) in [7, 11) is 1.34. The van der Waals surface area contributed by atoms with Crippen LogP contribution in [0.1, 0.15) is 29.6 Å². The summed E-state index contributed by atoms with van der Waals surface area (Å²) in [6.45, 7) is 1.69. The minimum Gasteiger partial charge on any atom is -0.465 e. The van der Waals surface area contributed by atoms with Crippen molar-refractivity contribution in [2.45, 2.75) is 19.3 Å². The topological polar surface area (TPSA) is 75.3 Å². The molecule has 1 saturated heterocycles. The second kappa shape index (κ2) is 5.55. The molecule has 1 fully saturated rings. The lowest BCUT2D eigenvalue weighted by Crippen LogP contribution is -2.34. The summed E-state index contributed by atoms with van der Waals surface area (Å²) in [5, 5.41) is 0. The Kier molecular flexibility index (Phi) is 3.60. The molecule has 110 valence electrons. The molecule has 1 aliphatic heterocycles.